The molecule has 1 aliphatic heterocycles. The van der Waals surface area contributed by atoms with Gasteiger partial charge in [-0.25, -0.2) is 14.6 Å². The summed E-state index contributed by atoms with van der Waals surface area (Å²) < 4.78 is 12.0. The zero-order chi connectivity index (χ0) is 20.3. The van der Waals surface area contributed by atoms with Crippen molar-refractivity contribution >= 4 is 17.7 Å². The smallest absolute Gasteiger partial charge is 0.407 e. The number of ether oxygens (including phenoxy) is 2. The zero-order valence-electron chi connectivity index (χ0n) is 16.6. The summed E-state index contributed by atoms with van der Waals surface area (Å²) in [6, 6.07) is 5.92. The van der Waals surface area contributed by atoms with Crippen LogP contribution in [0.25, 0.3) is 5.69 Å². The third-order valence-corrected chi connectivity index (χ3v) is 4.40. The molecule has 0 fully saturated rings. The van der Waals surface area contributed by atoms with Crippen LogP contribution in [0.2, 0.25) is 0 Å². The first-order chi connectivity index (χ1) is 13.4. The van der Waals surface area contributed by atoms with Crippen LogP contribution >= 0.6 is 0 Å². The van der Waals surface area contributed by atoms with E-state index in [2.05, 4.69) is 22.5 Å². The third-order valence-electron chi connectivity index (χ3n) is 4.40. The molecule has 0 bridgehead atoms. The van der Waals surface area contributed by atoms with Gasteiger partial charge in [-0.1, -0.05) is 0 Å². The number of nitrogens with one attached hydrogen (secondary N) is 2. The fraction of sp³-hybridized carbons (Fsp3) is 0.450. The van der Waals surface area contributed by atoms with Crippen molar-refractivity contribution in [3.63, 3.8) is 0 Å². The summed E-state index contributed by atoms with van der Waals surface area (Å²) in [7, 11) is 0. The van der Waals surface area contributed by atoms with Crippen molar-refractivity contribution in [1.29, 1.82) is 0 Å². The Balaban J connectivity index is 1.86. The van der Waals surface area contributed by atoms with Crippen LogP contribution in [-0.4, -0.2) is 40.4 Å². The number of anilines is 1. The van der Waals surface area contributed by atoms with Crippen LogP contribution in [0, 0.1) is 0 Å². The molecule has 2 N–H and O–H groups in total. The van der Waals surface area contributed by atoms with Gasteiger partial charge in [0.2, 0.25) is 0 Å². The highest BCUT2D eigenvalue weighted by Gasteiger charge is 2.27. The Bertz CT molecular complexity index is 862. The molecule has 0 aliphatic carbocycles. The summed E-state index contributed by atoms with van der Waals surface area (Å²) in [4.78, 5) is 28.1. The summed E-state index contributed by atoms with van der Waals surface area (Å²) in [5, 5.41) is 6.39. The van der Waals surface area contributed by atoms with Gasteiger partial charge in [0.15, 0.2) is 5.69 Å². The van der Waals surface area contributed by atoms with Crippen LogP contribution in [0.15, 0.2) is 30.7 Å². The molecule has 0 saturated carbocycles. The van der Waals surface area contributed by atoms with E-state index in [1.165, 1.54) is 0 Å². The normalized spacial score (nSPS) is 18.2. The quantitative estimate of drug-likeness (QED) is 0.765. The molecule has 0 spiro atoms. The molecule has 1 aliphatic rings. The van der Waals surface area contributed by atoms with Gasteiger partial charge in [0, 0.05) is 23.6 Å². The Hall–Kier alpha value is -3.03. The van der Waals surface area contributed by atoms with Crippen molar-refractivity contribution in [3.05, 3.63) is 42.0 Å². The van der Waals surface area contributed by atoms with E-state index in [9.17, 15) is 9.59 Å². The lowest BCUT2D eigenvalue weighted by Crippen LogP contribution is -2.37. The van der Waals surface area contributed by atoms with Gasteiger partial charge >= 0.3 is 12.1 Å². The Labute approximate surface area is 164 Å². The molecule has 0 radical (unpaired) electrons. The summed E-state index contributed by atoms with van der Waals surface area (Å²) >= 11 is 0. The number of imidazole rings is 1. The van der Waals surface area contributed by atoms with Crippen LogP contribution in [-0.2, 0) is 9.47 Å². The van der Waals surface area contributed by atoms with Gasteiger partial charge in [0.05, 0.1) is 18.8 Å². The van der Waals surface area contributed by atoms with Crippen molar-refractivity contribution in [2.24, 2.45) is 0 Å². The van der Waals surface area contributed by atoms with Crippen LogP contribution in [0.5, 0.6) is 0 Å². The van der Waals surface area contributed by atoms with Gasteiger partial charge in [0.1, 0.15) is 6.33 Å². The van der Waals surface area contributed by atoms with Crippen molar-refractivity contribution in [2.75, 3.05) is 11.9 Å². The monoisotopic (exact) mass is 386 g/mol. The molecule has 1 aromatic carbocycles. The second-order valence-electron chi connectivity index (χ2n) is 7.09. The number of alkyl carbamates (subject to hydrolysis) is 1. The van der Waals surface area contributed by atoms with Crippen LogP contribution in [0.4, 0.5) is 10.5 Å². The minimum Gasteiger partial charge on any atom is -0.461 e. The fourth-order valence-electron chi connectivity index (χ4n) is 3.24. The highest BCUT2D eigenvalue weighted by atomic mass is 16.6. The number of benzene rings is 1. The number of carbonyl (C=O) groups is 2. The molecule has 150 valence electrons. The van der Waals surface area contributed by atoms with Gasteiger partial charge in [-0.15, -0.1) is 0 Å². The minimum atomic E-state index is -0.453. The van der Waals surface area contributed by atoms with Gasteiger partial charge in [0.25, 0.3) is 0 Å². The van der Waals surface area contributed by atoms with Crippen molar-refractivity contribution in [2.45, 2.75) is 52.3 Å². The first-order valence-corrected chi connectivity index (χ1v) is 9.46. The Morgan fingerprint density at radius 3 is 2.89 bits per heavy atom. The molecule has 2 aromatic rings. The third kappa shape index (κ3) is 4.44. The first-order valence-electron chi connectivity index (χ1n) is 9.46. The summed E-state index contributed by atoms with van der Waals surface area (Å²) in [5.74, 6) is -0.453. The number of nitrogens with zero attached hydrogens (tertiary/aromatic N) is 2. The molecule has 3 rings (SSSR count). The van der Waals surface area contributed by atoms with Crippen molar-refractivity contribution < 1.29 is 19.1 Å². The molecule has 2 atom stereocenters. The first kappa shape index (κ1) is 19.7. The molecular weight excluding hydrogens is 360 g/mol. The molecule has 2 heterocycles. The average molecular weight is 386 g/mol. The molecular formula is C20H26N4O4. The van der Waals surface area contributed by atoms with E-state index >= 15 is 0 Å². The second kappa shape index (κ2) is 8.33. The second-order valence-corrected chi connectivity index (χ2v) is 7.09. The maximum atomic E-state index is 12.1. The molecule has 1 aromatic heterocycles. The number of rotatable bonds is 5. The standard InChI is InChI=1S/C20H26N4O4/c1-5-27-19(25)18-10-24(11-21-18)14-6-7-16-15(9-14)17(8-13(4)22-16)23-20(26)28-12(2)3/h6-7,9-13,17,22H,5,8H2,1-4H3,(H,23,26). The maximum absolute atomic E-state index is 12.1. The van der Waals surface area contributed by atoms with Gasteiger partial charge in [-0.3, -0.25) is 0 Å². The Morgan fingerprint density at radius 1 is 1.39 bits per heavy atom. The maximum Gasteiger partial charge on any atom is 0.407 e. The van der Waals surface area contributed by atoms with Gasteiger partial charge in [-0.05, 0) is 57.9 Å². The molecule has 28 heavy (non-hydrogen) atoms. The van der Waals surface area contributed by atoms with E-state index < -0.39 is 12.1 Å². The molecule has 1 amide bonds. The number of hydrogen-bond donors (Lipinski definition) is 2. The molecule has 2 unspecified atom stereocenters. The predicted octanol–water partition coefficient (Wildman–Crippen LogP) is 3.43. The van der Waals surface area contributed by atoms with Crippen LogP contribution in [0.1, 0.15) is 56.2 Å². The number of amides is 1. The zero-order valence-corrected chi connectivity index (χ0v) is 16.6. The Morgan fingerprint density at radius 2 is 2.18 bits per heavy atom. The number of aromatic nitrogens is 2. The van der Waals surface area contributed by atoms with E-state index in [0.29, 0.717) is 6.61 Å². The van der Waals surface area contributed by atoms with Crippen LogP contribution in [0.3, 0.4) is 0 Å². The van der Waals surface area contributed by atoms with Gasteiger partial charge < -0.3 is 24.7 Å². The highest BCUT2D eigenvalue weighted by molar-refractivity contribution is 5.87. The van der Waals surface area contributed by atoms with E-state index in [-0.39, 0.29) is 23.9 Å². The molecule has 8 heteroatoms. The van der Waals surface area contributed by atoms with Crippen molar-refractivity contribution in [3.8, 4) is 5.69 Å². The van der Waals surface area contributed by atoms with E-state index in [4.69, 9.17) is 9.47 Å². The topological polar surface area (TPSA) is 94.5 Å². The lowest BCUT2D eigenvalue weighted by Gasteiger charge is -2.32. The number of esters is 1. The minimum absolute atomic E-state index is 0.175. The summed E-state index contributed by atoms with van der Waals surface area (Å²) in [6.07, 6.45) is 3.33. The van der Waals surface area contributed by atoms with E-state index in [1.54, 1.807) is 24.0 Å². The largest absolute Gasteiger partial charge is 0.461 e. The molecule has 8 nitrogen and oxygen atoms in total. The van der Waals surface area contributed by atoms with Crippen LogP contribution < -0.4 is 10.6 Å². The number of carbonyl (C=O) groups excluding carboxylic acids is 2. The predicted molar refractivity (Wildman–Crippen MR) is 105 cm³/mol. The van der Waals surface area contributed by atoms with E-state index in [1.807, 2.05) is 32.0 Å². The number of fused-ring (bicyclic) bond motifs is 1. The van der Waals surface area contributed by atoms with E-state index in [0.717, 1.165) is 23.4 Å². The van der Waals surface area contributed by atoms with Gasteiger partial charge in [-0.2, -0.15) is 0 Å². The Kier molecular flexibility index (Phi) is 5.87. The number of hydrogen-bond acceptors (Lipinski definition) is 6. The molecule has 0 saturated heterocycles. The lowest BCUT2D eigenvalue weighted by atomic mass is 9.93. The fourth-order valence-corrected chi connectivity index (χ4v) is 3.24. The summed E-state index contributed by atoms with van der Waals surface area (Å²) in [5.41, 5.74) is 3.01. The lowest BCUT2D eigenvalue weighted by molar-refractivity contribution is 0.0520. The summed E-state index contributed by atoms with van der Waals surface area (Å²) in [6.45, 7) is 7.76. The van der Waals surface area contributed by atoms with Crippen molar-refractivity contribution in [1.82, 2.24) is 14.9 Å². The SMILES string of the molecule is CCOC(=O)c1cn(-c2ccc3c(c2)C(NC(=O)OC(C)C)CC(C)N3)cn1. The highest BCUT2D eigenvalue weighted by Crippen LogP contribution is 2.34. The average Bonchev–Trinajstić information content (AvgIpc) is 3.11.